The second kappa shape index (κ2) is 11.6. The third-order valence-electron chi connectivity index (χ3n) is 4.82. The average molecular weight is 370 g/mol. The molecule has 3 heteroatoms. The van der Waals surface area contributed by atoms with Gasteiger partial charge in [-0.1, -0.05) is 89.2 Å². The standard InChI is InChI=1S/C13H18O2.C11H17N/c1-9(2)8-11-4-6-12(7-5-11)10(3)13(14)15;1-9(2)11(8-12)10-6-4-3-5-7-10/h4-7,9-10H,8H2,1-3H3,(H,14,15);3-7,9,11H,8,12H2,1-2H3/t10-;11-/m01/s1. The van der Waals surface area contributed by atoms with Gasteiger partial charge in [0.2, 0.25) is 0 Å². The van der Waals surface area contributed by atoms with E-state index in [0.717, 1.165) is 18.5 Å². The first-order valence-electron chi connectivity index (χ1n) is 9.90. The normalized spacial score (nSPS) is 13.0. The van der Waals surface area contributed by atoms with Crippen LogP contribution in [0.4, 0.5) is 0 Å². The highest BCUT2D eigenvalue weighted by Gasteiger charge is 2.14. The van der Waals surface area contributed by atoms with Gasteiger partial charge in [-0.05, 0) is 34.9 Å². The van der Waals surface area contributed by atoms with E-state index in [1.165, 1.54) is 11.1 Å². The summed E-state index contributed by atoms with van der Waals surface area (Å²) in [6.07, 6.45) is 1.03. The van der Waals surface area contributed by atoms with Crippen molar-refractivity contribution in [3.8, 4) is 0 Å². The Morgan fingerprint density at radius 1 is 0.889 bits per heavy atom. The molecule has 0 aliphatic rings. The van der Waals surface area contributed by atoms with Crippen LogP contribution in [-0.2, 0) is 11.2 Å². The molecule has 0 aliphatic heterocycles. The quantitative estimate of drug-likeness (QED) is 0.813. The largest absolute Gasteiger partial charge is 0.550 e. The molecule has 0 bridgehead atoms. The second-order valence-electron chi connectivity index (χ2n) is 7.93. The predicted molar refractivity (Wildman–Crippen MR) is 110 cm³/mol. The highest BCUT2D eigenvalue weighted by molar-refractivity contribution is 5.73. The van der Waals surface area contributed by atoms with Gasteiger partial charge >= 0.3 is 0 Å². The van der Waals surface area contributed by atoms with Crippen molar-refractivity contribution in [3.63, 3.8) is 0 Å². The average Bonchev–Trinajstić information content (AvgIpc) is 2.63. The third kappa shape index (κ3) is 7.96. The van der Waals surface area contributed by atoms with Crippen LogP contribution in [0.5, 0.6) is 0 Å². The Balaban J connectivity index is 0.000000277. The molecule has 27 heavy (non-hydrogen) atoms. The van der Waals surface area contributed by atoms with Crippen molar-refractivity contribution in [3.05, 3.63) is 71.3 Å². The number of hydrogen-bond acceptors (Lipinski definition) is 2. The molecule has 0 fully saturated rings. The van der Waals surface area contributed by atoms with Crippen LogP contribution in [0.2, 0.25) is 0 Å². The molecule has 0 saturated carbocycles. The van der Waals surface area contributed by atoms with E-state index in [4.69, 9.17) is 0 Å². The van der Waals surface area contributed by atoms with Crippen molar-refractivity contribution in [2.24, 2.45) is 11.8 Å². The van der Waals surface area contributed by atoms with E-state index >= 15 is 0 Å². The fourth-order valence-electron chi connectivity index (χ4n) is 3.14. The van der Waals surface area contributed by atoms with Crippen LogP contribution in [0.1, 0.15) is 63.1 Å². The SMILES string of the molecule is CC(C)Cc1ccc([C@H](C)C(=O)[O-])cc1.CC(C)[C@@H](C[NH3+])c1ccccc1. The summed E-state index contributed by atoms with van der Waals surface area (Å²) in [7, 11) is 0. The van der Waals surface area contributed by atoms with Crippen LogP contribution >= 0.6 is 0 Å². The fourth-order valence-corrected chi connectivity index (χ4v) is 3.14. The zero-order valence-corrected chi connectivity index (χ0v) is 17.4. The van der Waals surface area contributed by atoms with E-state index in [9.17, 15) is 9.90 Å². The topological polar surface area (TPSA) is 67.8 Å². The summed E-state index contributed by atoms with van der Waals surface area (Å²) in [4.78, 5) is 10.7. The number of benzene rings is 2. The smallest absolute Gasteiger partial charge is 0.0811 e. The molecule has 2 aromatic carbocycles. The molecule has 0 amide bonds. The van der Waals surface area contributed by atoms with Crippen molar-refractivity contribution in [2.45, 2.75) is 52.9 Å². The molecule has 148 valence electrons. The van der Waals surface area contributed by atoms with Crippen molar-refractivity contribution in [1.29, 1.82) is 0 Å². The van der Waals surface area contributed by atoms with Gasteiger partial charge < -0.3 is 15.6 Å². The Hall–Kier alpha value is -2.13. The minimum atomic E-state index is -1.02. The van der Waals surface area contributed by atoms with Crippen molar-refractivity contribution in [1.82, 2.24) is 0 Å². The Labute approximate surface area is 164 Å². The van der Waals surface area contributed by atoms with Gasteiger partial charge in [0.05, 0.1) is 6.54 Å². The van der Waals surface area contributed by atoms with Gasteiger partial charge in [0.1, 0.15) is 0 Å². The summed E-state index contributed by atoms with van der Waals surface area (Å²) in [6, 6.07) is 18.4. The van der Waals surface area contributed by atoms with Crippen molar-refractivity contribution < 1.29 is 15.6 Å². The van der Waals surface area contributed by atoms with Crippen LogP contribution in [0.3, 0.4) is 0 Å². The summed E-state index contributed by atoms with van der Waals surface area (Å²) in [5.41, 5.74) is 7.46. The van der Waals surface area contributed by atoms with Crippen LogP contribution in [0.15, 0.2) is 54.6 Å². The van der Waals surface area contributed by atoms with E-state index in [0.29, 0.717) is 17.8 Å². The monoisotopic (exact) mass is 369 g/mol. The molecule has 0 radical (unpaired) electrons. The molecular weight excluding hydrogens is 334 g/mol. The number of carbonyl (C=O) groups excluding carboxylic acids is 1. The van der Waals surface area contributed by atoms with Gasteiger partial charge in [-0.3, -0.25) is 0 Å². The third-order valence-corrected chi connectivity index (χ3v) is 4.82. The molecule has 0 unspecified atom stereocenters. The Morgan fingerprint density at radius 3 is 1.85 bits per heavy atom. The van der Waals surface area contributed by atoms with Crippen LogP contribution in [-0.4, -0.2) is 12.5 Å². The highest BCUT2D eigenvalue weighted by Crippen LogP contribution is 2.21. The first-order valence-corrected chi connectivity index (χ1v) is 9.90. The number of carboxylic acid groups (broad SMARTS) is 1. The fraction of sp³-hybridized carbons (Fsp3) is 0.458. The molecule has 0 aliphatic carbocycles. The summed E-state index contributed by atoms with van der Waals surface area (Å²) in [5, 5.41) is 10.7. The number of carboxylic acids is 1. The van der Waals surface area contributed by atoms with E-state index in [1.54, 1.807) is 6.92 Å². The van der Waals surface area contributed by atoms with E-state index in [2.05, 4.69) is 63.8 Å². The molecule has 2 atom stereocenters. The Bertz CT molecular complexity index is 663. The van der Waals surface area contributed by atoms with Gasteiger partial charge in [0.15, 0.2) is 0 Å². The second-order valence-corrected chi connectivity index (χ2v) is 7.93. The maximum atomic E-state index is 10.7. The van der Waals surface area contributed by atoms with Gasteiger partial charge in [-0.15, -0.1) is 0 Å². The number of rotatable bonds is 7. The zero-order chi connectivity index (χ0) is 20.4. The maximum Gasteiger partial charge on any atom is 0.0811 e. The van der Waals surface area contributed by atoms with Gasteiger partial charge in [0, 0.05) is 17.8 Å². The van der Waals surface area contributed by atoms with Gasteiger partial charge in [-0.25, -0.2) is 0 Å². The molecule has 0 spiro atoms. The predicted octanol–water partition coefficient (Wildman–Crippen LogP) is 3.41. The highest BCUT2D eigenvalue weighted by atomic mass is 16.4. The van der Waals surface area contributed by atoms with Crippen LogP contribution in [0, 0.1) is 11.8 Å². The lowest BCUT2D eigenvalue weighted by Gasteiger charge is -2.16. The van der Waals surface area contributed by atoms with Crippen LogP contribution < -0.4 is 10.8 Å². The zero-order valence-electron chi connectivity index (χ0n) is 17.4. The molecule has 0 saturated heterocycles. The first kappa shape index (κ1) is 22.9. The molecule has 3 nitrogen and oxygen atoms in total. The molecule has 2 aromatic rings. The van der Waals surface area contributed by atoms with E-state index < -0.39 is 11.9 Å². The molecular formula is C24H35NO2. The minimum absolute atomic E-state index is 0.530. The lowest BCUT2D eigenvalue weighted by Crippen LogP contribution is -2.53. The van der Waals surface area contributed by atoms with E-state index in [-0.39, 0.29) is 0 Å². The van der Waals surface area contributed by atoms with Crippen molar-refractivity contribution in [2.75, 3.05) is 6.54 Å². The lowest BCUT2D eigenvalue weighted by atomic mass is 9.89. The summed E-state index contributed by atoms with van der Waals surface area (Å²) < 4.78 is 0. The molecule has 2 rings (SSSR count). The summed E-state index contributed by atoms with van der Waals surface area (Å²) in [5.74, 6) is 0.371. The molecule has 3 N–H and O–H groups in total. The lowest BCUT2D eigenvalue weighted by molar-refractivity contribution is -0.374. The first-order chi connectivity index (χ1) is 12.8. The minimum Gasteiger partial charge on any atom is -0.550 e. The number of hydrogen-bond donors (Lipinski definition) is 1. The van der Waals surface area contributed by atoms with E-state index in [1.807, 2.05) is 24.3 Å². The number of aliphatic carboxylic acids is 1. The van der Waals surface area contributed by atoms with Gasteiger partial charge in [0.25, 0.3) is 0 Å². The Morgan fingerprint density at radius 2 is 1.44 bits per heavy atom. The Kier molecular flexibility index (Phi) is 9.81. The maximum absolute atomic E-state index is 10.7. The van der Waals surface area contributed by atoms with Crippen molar-refractivity contribution >= 4 is 5.97 Å². The number of quaternary nitrogens is 1. The molecule has 0 aromatic heterocycles. The number of carbonyl (C=O) groups is 1. The van der Waals surface area contributed by atoms with Crippen LogP contribution in [0.25, 0.3) is 0 Å². The van der Waals surface area contributed by atoms with Gasteiger partial charge in [-0.2, -0.15) is 0 Å². The summed E-state index contributed by atoms with van der Waals surface area (Å²) >= 11 is 0. The summed E-state index contributed by atoms with van der Waals surface area (Å²) in [6.45, 7) is 11.5. The molecule has 0 heterocycles.